The highest BCUT2D eigenvalue weighted by atomic mass is 16.7. The fourth-order valence-electron chi connectivity index (χ4n) is 2.86. The summed E-state index contributed by atoms with van der Waals surface area (Å²) in [7, 11) is -0.614. The zero-order chi connectivity index (χ0) is 21.6. The van der Waals surface area contributed by atoms with E-state index in [1.165, 1.54) is 13.8 Å². The molecule has 0 radical (unpaired) electrons. The number of anilines is 1. The van der Waals surface area contributed by atoms with Gasteiger partial charge in [-0.05, 0) is 45.3 Å². The molecule has 29 heavy (non-hydrogen) atoms. The summed E-state index contributed by atoms with van der Waals surface area (Å²) >= 11 is 0. The minimum Gasteiger partial charge on any atom is -0.419 e. The summed E-state index contributed by atoms with van der Waals surface area (Å²) in [6.45, 7) is 10.7. The first-order chi connectivity index (χ1) is 13.4. The van der Waals surface area contributed by atoms with Crippen LogP contribution in [0.5, 0.6) is 0 Å². The van der Waals surface area contributed by atoms with Gasteiger partial charge in [-0.25, -0.2) is 9.59 Å². The van der Waals surface area contributed by atoms with E-state index in [2.05, 4.69) is 5.32 Å². The van der Waals surface area contributed by atoms with Gasteiger partial charge in [-0.1, -0.05) is 6.07 Å². The number of carbonyl (C=O) groups is 3. The van der Waals surface area contributed by atoms with Crippen LogP contribution in [0.15, 0.2) is 30.0 Å². The van der Waals surface area contributed by atoms with Gasteiger partial charge in [0.2, 0.25) is 0 Å². The second-order valence-electron chi connectivity index (χ2n) is 8.43. The Morgan fingerprint density at radius 2 is 1.48 bits per heavy atom. The van der Waals surface area contributed by atoms with Gasteiger partial charge in [-0.3, -0.25) is 4.79 Å². The quantitative estimate of drug-likeness (QED) is 0.269. The van der Waals surface area contributed by atoms with Crippen molar-refractivity contribution in [3.63, 3.8) is 0 Å². The fourth-order valence-corrected chi connectivity index (χ4v) is 2.86. The van der Waals surface area contributed by atoms with Gasteiger partial charge in [0.25, 0.3) is 5.79 Å². The number of esters is 2. The molecule has 2 fully saturated rings. The average molecular weight is 401 g/mol. The Hall–Kier alpha value is -2.65. The molecule has 0 bridgehead atoms. The van der Waals surface area contributed by atoms with Gasteiger partial charge in [0.1, 0.15) is 0 Å². The SMILES string of the molecule is CC1(C)OC(=O)C(=CNc2ccc(B3OC(C)(C)C(C)(C)O3)cc2C=O)C(=O)O1. The van der Waals surface area contributed by atoms with E-state index in [0.717, 1.165) is 6.20 Å². The third-order valence-corrected chi connectivity index (χ3v) is 5.22. The lowest BCUT2D eigenvalue weighted by Gasteiger charge is -2.32. The molecule has 1 aromatic rings. The van der Waals surface area contributed by atoms with Gasteiger partial charge in [-0.15, -0.1) is 0 Å². The maximum atomic E-state index is 12.0. The highest BCUT2D eigenvalue weighted by Crippen LogP contribution is 2.36. The molecular weight excluding hydrogens is 377 g/mol. The van der Waals surface area contributed by atoms with Crippen molar-refractivity contribution in [3.05, 3.63) is 35.5 Å². The van der Waals surface area contributed by atoms with Gasteiger partial charge in [-0.2, -0.15) is 0 Å². The number of nitrogens with one attached hydrogen (secondary N) is 1. The molecule has 2 aliphatic rings. The summed E-state index contributed by atoms with van der Waals surface area (Å²) < 4.78 is 22.1. The lowest BCUT2D eigenvalue weighted by atomic mass is 9.78. The van der Waals surface area contributed by atoms with Crippen molar-refractivity contribution in [1.29, 1.82) is 0 Å². The van der Waals surface area contributed by atoms with E-state index in [1.54, 1.807) is 18.2 Å². The maximum absolute atomic E-state index is 12.0. The zero-order valence-corrected chi connectivity index (χ0v) is 17.3. The number of hydrogen-bond acceptors (Lipinski definition) is 8. The summed E-state index contributed by atoms with van der Waals surface area (Å²) in [6, 6.07) is 5.03. The lowest BCUT2D eigenvalue weighted by Crippen LogP contribution is -2.42. The normalized spacial score (nSPS) is 22.0. The van der Waals surface area contributed by atoms with Crippen LogP contribution in [0.2, 0.25) is 0 Å². The van der Waals surface area contributed by atoms with Crippen molar-refractivity contribution in [1.82, 2.24) is 0 Å². The van der Waals surface area contributed by atoms with E-state index in [-0.39, 0.29) is 5.57 Å². The summed E-state index contributed by atoms with van der Waals surface area (Å²) in [6.07, 6.45) is 1.83. The van der Waals surface area contributed by atoms with E-state index >= 15 is 0 Å². The average Bonchev–Trinajstić information content (AvgIpc) is 2.80. The minimum absolute atomic E-state index is 0.295. The molecule has 3 rings (SSSR count). The van der Waals surface area contributed by atoms with E-state index in [4.69, 9.17) is 18.8 Å². The number of hydrogen-bond donors (Lipinski definition) is 1. The van der Waals surface area contributed by atoms with Gasteiger partial charge < -0.3 is 24.1 Å². The van der Waals surface area contributed by atoms with Gasteiger partial charge >= 0.3 is 19.1 Å². The Kier molecular flexibility index (Phi) is 5.09. The molecule has 0 amide bonds. The lowest BCUT2D eigenvalue weighted by molar-refractivity contribution is -0.222. The van der Waals surface area contributed by atoms with E-state index in [1.807, 2.05) is 27.7 Å². The topological polar surface area (TPSA) is 100 Å². The third kappa shape index (κ3) is 4.06. The van der Waals surface area contributed by atoms with Crippen LogP contribution >= 0.6 is 0 Å². The Balaban J connectivity index is 1.81. The minimum atomic E-state index is -1.32. The number of rotatable bonds is 4. The third-order valence-electron chi connectivity index (χ3n) is 5.22. The van der Waals surface area contributed by atoms with Crippen molar-refractivity contribution in [2.45, 2.75) is 58.5 Å². The summed E-state index contributed by atoms with van der Waals surface area (Å²) in [4.78, 5) is 35.6. The van der Waals surface area contributed by atoms with Crippen molar-refractivity contribution in [3.8, 4) is 0 Å². The Morgan fingerprint density at radius 3 is 2.00 bits per heavy atom. The molecule has 2 saturated heterocycles. The predicted molar refractivity (Wildman–Crippen MR) is 106 cm³/mol. The van der Waals surface area contributed by atoms with Crippen LogP contribution in [0, 0.1) is 0 Å². The molecule has 2 aliphatic heterocycles. The van der Waals surface area contributed by atoms with E-state index in [9.17, 15) is 14.4 Å². The van der Waals surface area contributed by atoms with E-state index < -0.39 is 36.0 Å². The van der Waals surface area contributed by atoms with Crippen LogP contribution in [0.4, 0.5) is 5.69 Å². The first-order valence-corrected chi connectivity index (χ1v) is 9.23. The van der Waals surface area contributed by atoms with Crippen LogP contribution in [0.25, 0.3) is 0 Å². The number of benzene rings is 1. The van der Waals surface area contributed by atoms with E-state index in [0.29, 0.717) is 23.0 Å². The number of cyclic esters (lactones) is 2. The largest absolute Gasteiger partial charge is 0.494 e. The number of ether oxygens (including phenoxy) is 2. The van der Waals surface area contributed by atoms with Gasteiger partial charge in [0.05, 0.1) is 11.2 Å². The predicted octanol–water partition coefficient (Wildman–Crippen LogP) is 1.93. The Morgan fingerprint density at radius 1 is 0.931 bits per heavy atom. The standard InChI is InChI=1S/C20H24BNO7/c1-18(2)19(3,4)29-21(28-18)13-7-8-15(12(9-13)11-23)22-10-14-16(24)26-20(5,6)27-17(14)25/h7-11,22H,1-6H3. The molecular formula is C20H24BNO7. The van der Waals surface area contributed by atoms with Crippen molar-refractivity contribution >= 4 is 36.5 Å². The Bertz CT molecular complexity index is 866. The number of carbonyl (C=O) groups excluding carboxylic acids is 3. The molecule has 0 aromatic heterocycles. The van der Waals surface area contributed by atoms with Crippen LogP contribution in [-0.2, 0) is 28.4 Å². The molecule has 154 valence electrons. The summed E-state index contributed by atoms with van der Waals surface area (Å²) in [5.74, 6) is -2.93. The second kappa shape index (κ2) is 7.00. The summed E-state index contributed by atoms with van der Waals surface area (Å²) in [5, 5.41) is 2.80. The monoisotopic (exact) mass is 401 g/mol. The maximum Gasteiger partial charge on any atom is 0.494 e. The van der Waals surface area contributed by atoms with Crippen LogP contribution in [0.3, 0.4) is 0 Å². The molecule has 0 atom stereocenters. The van der Waals surface area contributed by atoms with Crippen LogP contribution < -0.4 is 10.8 Å². The zero-order valence-electron chi connectivity index (χ0n) is 17.3. The first-order valence-electron chi connectivity index (χ1n) is 9.23. The molecule has 0 aliphatic carbocycles. The van der Waals surface area contributed by atoms with Crippen LogP contribution in [-0.4, -0.2) is 42.3 Å². The highest BCUT2D eigenvalue weighted by molar-refractivity contribution is 6.62. The second-order valence-corrected chi connectivity index (χ2v) is 8.43. The molecule has 0 unspecified atom stereocenters. The smallest absolute Gasteiger partial charge is 0.419 e. The van der Waals surface area contributed by atoms with Crippen molar-refractivity contribution in [2.75, 3.05) is 5.32 Å². The van der Waals surface area contributed by atoms with Crippen molar-refractivity contribution in [2.24, 2.45) is 0 Å². The van der Waals surface area contributed by atoms with Crippen molar-refractivity contribution < 1.29 is 33.2 Å². The van der Waals surface area contributed by atoms with Crippen LogP contribution in [0.1, 0.15) is 51.9 Å². The molecule has 0 spiro atoms. The Labute approximate surface area is 169 Å². The molecule has 0 saturated carbocycles. The summed E-state index contributed by atoms with van der Waals surface area (Å²) in [5.41, 5.74) is 0.0922. The molecule has 1 aromatic carbocycles. The molecule has 8 nitrogen and oxygen atoms in total. The number of aldehydes is 1. The fraction of sp³-hybridized carbons (Fsp3) is 0.450. The first kappa shape index (κ1) is 21.1. The molecule has 2 heterocycles. The highest BCUT2D eigenvalue weighted by Gasteiger charge is 2.51. The van der Waals surface area contributed by atoms with Gasteiger partial charge in [0, 0.05) is 31.3 Å². The van der Waals surface area contributed by atoms with Gasteiger partial charge in [0.15, 0.2) is 11.9 Å². The molecule has 9 heteroatoms. The molecule has 1 N–H and O–H groups in total.